The maximum Gasteiger partial charge on any atom is 0.224 e. The lowest BCUT2D eigenvalue weighted by Crippen LogP contribution is -2.23. The number of ether oxygens (including phenoxy) is 2. The van der Waals surface area contributed by atoms with Gasteiger partial charge in [-0.3, -0.25) is 9.59 Å². The van der Waals surface area contributed by atoms with Gasteiger partial charge in [-0.15, -0.1) is 0 Å². The third kappa shape index (κ3) is 5.39. The van der Waals surface area contributed by atoms with E-state index in [1.165, 1.54) is 0 Å². The molecule has 2 aromatic rings. The van der Waals surface area contributed by atoms with Crippen LogP contribution in [0.3, 0.4) is 0 Å². The Kier molecular flexibility index (Phi) is 6.76. The molecular formula is C21H23ClN2O4. The number of carbonyl (C=O) groups excluding carboxylic acids is 2. The van der Waals surface area contributed by atoms with Gasteiger partial charge in [-0.1, -0.05) is 11.6 Å². The van der Waals surface area contributed by atoms with E-state index in [9.17, 15) is 9.59 Å². The standard InChI is InChI=1S/C21H23ClN2O4/c1-27-19-8-5-16(22)11-15(19)13-23-20(25)3-2-10-28-17-6-7-18-14(12-17)4-9-21(26)24-18/h5-8,11-12H,2-4,9-10,13H2,1H3,(H,23,25)(H,24,26). The van der Waals surface area contributed by atoms with Crippen LogP contribution in [0, 0.1) is 0 Å². The zero-order valence-electron chi connectivity index (χ0n) is 15.7. The molecule has 148 valence electrons. The number of fused-ring (bicyclic) bond motifs is 1. The lowest BCUT2D eigenvalue weighted by molar-refractivity contribution is -0.121. The van der Waals surface area contributed by atoms with Gasteiger partial charge >= 0.3 is 0 Å². The van der Waals surface area contributed by atoms with E-state index in [4.69, 9.17) is 21.1 Å². The molecule has 0 atom stereocenters. The average molecular weight is 403 g/mol. The summed E-state index contributed by atoms with van der Waals surface area (Å²) in [5.41, 5.74) is 2.76. The zero-order valence-corrected chi connectivity index (χ0v) is 16.5. The second-order valence-corrected chi connectivity index (χ2v) is 6.99. The molecule has 0 unspecified atom stereocenters. The number of halogens is 1. The number of aryl methyl sites for hydroxylation is 1. The smallest absolute Gasteiger partial charge is 0.224 e. The molecule has 0 saturated carbocycles. The highest BCUT2D eigenvalue weighted by molar-refractivity contribution is 6.30. The van der Waals surface area contributed by atoms with Gasteiger partial charge in [0.05, 0.1) is 13.7 Å². The van der Waals surface area contributed by atoms with Crippen molar-refractivity contribution in [2.75, 3.05) is 19.0 Å². The van der Waals surface area contributed by atoms with Gasteiger partial charge in [-0.2, -0.15) is 0 Å². The number of hydrogen-bond donors (Lipinski definition) is 2. The normalized spacial score (nSPS) is 12.7. The highest BCUT2D eigenvalue weighted by Gasteiger charge is 2.15. The van der Waals surface area contributed by atoms with Gasteiger partial charge in [0.15, 0.2) is 0 Å². The molecule has 0 bridgehead atoms. The number of hydrogen-bond acceptors (Lipinski definition) is 4. The van der Waals surface area contributed by atoms with Crippen LogP contribution in [0.2, 0.25) is 5.02 Å². The first-order chi connectivity index (χ1) is 13.5. The number of nitrogens with one attached hydrogen (secondary N) is 2. The van der Waals surface area contributed by atoms with Crippen molar-refractivity contribution in [2.24, 2.45) is 0 Å². The van der Waals surface area contributed by atoms with Crippen LogP contribution in [0.15, 0.2) is 36.4 Å². The number of amides is 2. The van der Waals surface area contributed by atoms with Crippen LogP contribution < -0.4 is 20.1 Å². The first-order valence-corrected chi connectivity index (χ1v) is 9.57. The highest BCUT2D eigenvalue weighted by Crippen LogP contribution is 2.27. The second-order valence-electron chi connectivity index (χ2n) is 6.55. The van der Waals surface area contributed by atoms with Crippen molar-refractivity contribution < 1.29 is 19.1 Å². The molecule has 0 aliphatic carbocycles. The summed E-state index contributed by atoms with van der Waals surface area (Å²) in [6.07, 6.45) is 2.18. The summed E-state index contributed by atoms with van der Waals surface area (Å²) in [5.74, 6) is 1.43. The van der Waals surface area contributed by atoms with Gasteiger partial charge < -0.3 is 20.1 Å². The fourth-order valence-electron chi connectivity index (χ4n) is 3.04. The number of benzene rings is 2. The van der Waals surface area contributed by atoms with Gasteiger partial charge in [0, 0.05) is 35.7 Å². The predicted molar refractivity (Wildman–Crippen MR) is 108 cm³/mol. The molecule has 0 spiro atoms. The molecule has 3 rings (SSSR count). The van der Waals surface area contributed by atoms with Crippen LogP contribution >= 0.6 is 11.6 Å². The Morgan fingerprint density at radius 3 is 2.89 bits per heavy atom. The van der Waals surface area contributed by atoms with Crippen molar-refractivity contribution in [1.29, 1.82) is 0 Å². The summed E-state index contributed by atoms with van der Waals surface area (Å²) < 4.78 is 11.0. The SMILES string of the molecule is COc1ccc(Cl)cc1CNC(=O)CCCOc1ccc2c(c1)CCC(=O)N2. The van der Waals surface area contributed by atoms with Crippen LogP contribution in [0.25, 0.3) is 0 Å². The fraction of sp³-hybridized carbons (Fsp3) is 0.333. The van der Waals surface area contributed by atoms with Gasteiger partial charge in [0.25, 0.3) is 0 Å². The third-order valence-corrected chi connectivity index (χ3v) is 4.74. The maximum atomic E-state index is 12.1. The van der Waals surface area contributed by atoms with Crippen molar-refractivity contribution in [2.45, 2.75) is 32.2 Å². The van der Waals surface area contributed by atoms with Crippen LogP contribution in [0.5, 0.6) is 11.5 Å². The highest BCUT2D eigenvalue weighted by atomic mass is 35.5. The summed E-state index contributed by atoms with van der Waals surface area (Å²) in [6, 6.07) is 10.9. The Morgan fingerprint density at radius 2 is 2.07 bits per heavy atom. The Labute approximate surface area is 169 Å². The van der Waals surface area contributed by atoms with Crippen molar-refractivity contribution in [3.63, 3.8) is 0 Å². The Morgan fingerprint density at radius 1 is 1.21 bits per heavy atom. The van der Waals surface area contributed by atoms with Gasteiger partial charge in [0.1, 0.15) is 11.5 Å². The Bertz CT molecular complexity index is 869. The largest absolute Gasteiger partial charge is 0.496 e. The van der Waals surface area contributed by atoms with Crippen LogP contribution in [-0.4, -0.2) is 25.5 Å². The van der Waals surface area contributed by atoms with Crippen molar-refractivity contribution in [3.05, 3.63) is 52.5 Å². The Hall–Kier alpha value is -2.73. The molecule has 0 fully saturated rings. The number of rotatable bonds is 8. The number of methoxy groups -OCH3 is 1. The lowest BCUT2D eigenvalue weighted by Gasteiger charge is -2.17. The molecule has 28 heavy (non-hydrogen) atoms. The van der Waals surface area contributed by atoms with Crippen LogP contribution in [0.4, 0.5) is 5.69 Å². The van der Waals surface area contributed by atoms with Crippen LogP contribution in [0.1, 0.15) is 30.4 Å². The van der Waals surface area contributed by atoms with E-state index in [1.54, 1.807) is 25.3 Å². The van der Waals surface area contributed by atoms with E-state index in [2.05, 4.69) is 10.6 Å². The monoisotopic (exact) mass is 402 g/mol. The molecule has 1 heterocycles. The number of anilines is 1. The molecule has 1 aliphatic heterocycles. The summed E-state index contributed by atoms with van der Waals surface area (Å²) in [5, 5.41) is 6.32. The lowest BCUT2D eigenvalue weighted by atomic mass is 10.0. The molecule has 2 amide bonds. The molecule has 2 N–H and O–H groups in total. The van der Waals surface area contributed by atoms with E-state index >= 15 is 0 Å². The van der Waals surface area contributed by atoms with Gasteiger partial charge in [-0.25, -0.2) is 0 Å². The molecule has 2 aromatic carbocycles. The van der Waals surface area contributed by atoms with E-state index in [-0.39, 0.29) is 11.8 Å². The third-order valence-electron chi connectivity index (χ3n) is 4.51. The van der Waals surface area contributed by atoms with Gasteiger partial charge in [-0.05, 0) is 54.8 Å². The zero-order chi connectivity index (χ0) is 19.9. The molecule has 1 aliphatic rings. The molecule has 7 heteroatoms. The maximum absolute atomic E-state index is 12.1. The molecule has 0 radical (unpaired) electrons. The van der Waals surface area contributed by atoms with E-state index in [0.717, 1.165) is 22.6 Å². The first kappa shape index (κ1) is 20.0. The molecule has 6 nitrogen and oxygen atoms in total. The number of carbonyl (C=O) groups is 2. The molecule has 0 aromatic heterocycles. The summed E-state index contributed by atoms with van der Waals surface area (Å²) in [4.78, 5) is 23.4. The Balaban J connectivity index is 1.40. The van der Waals surface area contributed by atoms with E-state index < -0.39 is 0 Å². The predicted octanol–water partition coefficient (Wildman–Crippen LogP) is 3.71. The second kappa shape index (κ2) is 9.46. The molecular weight excluding hydrogens is 380 g/mol. The van der Waals surface area contributed by atoms with Crippen molar-refractivity contribution in [1.82, 2.24) is 5.32 Å². The summed E-state index contributed by atoms with van der Waals surface area (Å²) in [6.45, 7) is 0.805. The summed E-state index contributed by atoms with van der Waals surface area (Å²) in [7, 11) is 1.58. The fourth-order valence-corrected chi connectivity index (χ4v) is 3.23. The summed E-state index contributed by atoms with van der Waals surface area (Å²) >= 11 is 6.00. The van der Waals surface area contributed by atoms with E-state index in [1.807, 2.05) is 18.2 Å². The minimum Gasteiger partial charge on any atom is -0.496 e. The van der Waals surface area contributed by atoms with E-state index in [0.29, 0.717) is 49.6 Å². The van der Waals surface area contributed by atoms with Crippen molar-refractivity contribution >= 4 is 29.1 Å². The average Bonchev–Trinajstić information content (AvgIpc) is 2.69. The minimum atomic E-state index is -0.0567. The minimum absolute atomic E-state index is 0.0441. The topological polar surface area (TPSA) is 76.7 Å². The molecule has 0 saturated heterocycles. The van der Waals surface area contributed by atoms with Gasteiger partial charge in [0.2, 0.25) is 11.8 Å². The van der Waals surface area contributed by atoms with Crippen LogP contribution in [-0.2, 0) is 22.6 Å². The van der Waals surface area contributed by atoms with Crippen molar-refractivity contribution in [3.8, 4) is 11.5 Å². The quantitative estimate of drug-likeness (QED) is 0.660. The first-order valence-electron chi connectivity index (χ1n) is 9.20.